The van der Waals surface area contributed by atoms with Crippen LogP contribution in [-0.2, 0) is 11.3 Å². The number of carbonyl (C=O) groups is 2. The molecular weight excluding hydrogens is 337 g/mol. The highest BCUT2D eigenvalue weighted by Crippen LogP contribution is 2.16. The maximum Gasteiger partial charge on any atom is 0.321 e. The first-order chi connectivity index (χ1) is 12.5. The van der Waals surface area contributed by atoms with Crippen LogP contribution in [0.15, 0.2) is 48.5 Å². The van der Waals surface area contributed by atoms with Gasteiger partial charge in [0, 0.05) is 26.3 Å². The van der Waals surface area contributed by atoms with Crippen molar-refractivity contribution in [2.24, 2.45) is 0 Å². The molecule has 0 saturated carbocycles. The van der Waals surface area contributed by atoms with Gasteiger partial charge < -0.3 is 20.3 Å². The fourth-order valence-electron chi connectivity index (χ4n) is 2.18. The van der Waals surface area contributed by atoms with E-state index in [1.54, 1.807) is 50.5 Å². The Hall–Kier alpha value is -3.09. The highest BCUT2D eigenvalue weighted by atomic mass is 19.1. The van der Waals surface area contributed by atoms with Crippen molar-refractivity contribution in [1.29, 1.82) is 0 Å². The fourth-order valence-corrected chi connectivity index (χ4v) is 2.18. The molecule has 0 aliphatic carbocycles. The van der Waals surface area contributed by atoms with Crippen LogP contribution in [-0.4, -0.2) is 37.5 Å². The summed E-state index contributed by atoms with van der Waals surface area (Å²) in [4.78, 5) is 24.8. The van der Waals surface area contributed by atoms with Gasteiger partial charge in [0.1, 0.15) is 11.6 Å². The van der Waals surface area contributed by atoms with Gasteiger partial charge in [-0.2, -0.15) is 0 Å². The molecule has 0 bridgehead atoms. The Labute approximate surface area is 152 Å². The lowest BCUT2D eigenvalue weighted by Gasteiger charge is -2.18. The fraction of sp³-hybridized carbons (Fsp3) is 0.263. The first-order valence-electron chi connectivity index (χ1n) is 8.18. The number of carbonyl (C=O) groups excluding carboxylic acids is 2. The van der Waals surface area contributed by atoms with Gasteiger partial charge in [0.2, 0.25) is 5.91 Å². The molecule has 138 valence electrons. The number of urea groups is 1. The highest BCUT2D eigenvalue weighted by Gasteiger charge is 2.09. The lowest BCUT2D eigenvalue weighted by Crippen LogP contribution is -2.30. The third-order valence-electron chi connectivity index (χ3n) is 3.66. The molecule has 2 aromatic rings. The van der Waals surface area contributed by atoms with Gasteiger partial charge in [-0.05, 0) is 42.0 Å². The van der Waals surface area contributed by atoms with Crippen LogP contribution in [0.25, 0.3) is 0 Å². The number of halogens is 1. The van der Waals surface area contributed by atoms with Crippen LogP contribution in [0.2, 0.25) is 0 Å². The molecule has 0 atom stereocenters. The maximum atomic E-state index is 12.9. The summed E-state index contributed by atoms with van der Waals surface area (Å²) in [6, 6.07) is 12.6. The van der Waals surface area contributed by atoms with E-state index in [0.29, 0.717) is 18.0 Å². The van der Waals surface area contributed by atoms with Crippen molar-refractivity contribution in [2.75, 3.05) is 26.0 Å². The minimum atomic E-state index is -0.307. The second kappa shape index (κ2) is 9.41. The molecule has 3 amide bonds. The van der Waals surface area contributed by atoms with Crippen LogP contribution in [0.1, 0.15) is 12.0 Å². The van der Waals surface area contributed by atoms with Crippen LogP contribution in [0.5, 0.6) is 5.75 Å². The molecule has 0 radical (unpaired) electrons. The summed E-state index contributed by atoms with van der Waals surface area (Å²) in [7, 11) is 3.24. The molecule has 0 aliphatic heterocycles. The van der Waals surface area contributed by atoms with E-state index in [4.69, 9.17) is 4.74 Å². The molecule has 0 aromatic heterocycles. The van der Waals surface area contributed by atoms with Crippen LogP contribution in [0.3, 0.4) is 0 Å². The molecule has 6 nitrogen and oxygen atoms in total. The molecule has 0 spiro atoms. The minimum Gasteiger partial charge on any atom is -0.493 e. The average Bonchev–Trinajstić information content (AvgIpc) is 2.64. The van der Waals surface area contributed by atoms with Gasteiger partial charge in [-0.1, -0.05) is 12.1 Å². The zero-order valence-corrected chi connectivity index (χ0v) is 14.8. The van der Waals surface area contributed by atoms with Crippen LogP contribution in [0.4, 0.5) is 14.9 Å². The van der Waals surface area contributed by atoms with Crippen LogP contribution < -0.4 is 15.4 Å². The van der Waals surface area contributed by atoms with Crippen molar-refractivity contribution in [3.05, 3.63) is 59.9 Å². The molecule has 7 heteroatoms. The summed E-state index contributed by atoms with van der Waals surface area (Å²) in [6.45, 7) is 0.651. The molecule has 0 saturated heterocycles. The zero-order valence-electron chi connectivity index (χ0n) is 14.8. The number of amides is 3. The zero-order chi connectivity index (χ0) is 18.9. The number of benzene rings is 2. The number of nitrogens with zero attached hydrogens (tertiary/aromatic N) is 1. The SMILES string of the molecule is CNC(=O)CCOc1ccc(NC(=O)N(C)Cc2ccc(F)cc2)cc1. The van der Waals surface area contributed by atoms with Crippen LogP contribution >= 0.6 is 0 Å². The molecule has 26 heavy (non-hydrogen) atoms. The molecule has 0 heterocycles. The Bertz CT molecular complexity index is 733. The van der Waals surface area contributed by atoms with Crippen molar-refractivity contribution in [3.8, 4) is 5.75 Å². The number of nitrogens with one attached hydrogen (secondary N) is 2. The summed E-state index contributed by atoms with van der Waals surface area (Å²) in [6.07, 6.45) is 0.281. The molecular formula is C19H22FN3O3. The van der Waals surface area contributed by atoms with Gasteiger partial charge in [0.15, 0.2) is 0 Å². The van der Waals surface area contributed by atoms with E-state index in [-0.39, 0.29) is 30.8 Å². The number of rotatable bonds is 7. The molecule has 0 fully saturated rings. The second-order valence-corrected chi connectivity index (χ2v) is 5.71. The van der Waals surface area contributed by atoms with E-state index >= 15 is 0 Å². The predicted octanol–water partition coefficient (Wildman–Crippen LogP) is 3.00. The number of hydrogen-bond acceptors (Lipinski definition) is 3. The molecule has 0 unspecified atom stereocenters. The van der Waals surface area contributed by atoms with E-state index in [2.05, 4.69) is 10.6 Å². The minimum absolute atomic E-state index is 0.0851. The van der Waals surface area contributed by atoms with E-state index < -0.39 is 0 Å². The molecule has 0 aliphatic rings. The molecule has 2 N–H and O–H groups in total. The van der Waals surface area contributed by atoms with Crippen molar-refractivity contribution >= 4 is 17.6 Å². The van der Waals surface area contributed by atoms with E-state index in [9.17, 15) is 14.0 Å². The van der Waals surface area contributed by atoms with E-state index in [0.717, 1.165) is 5.56 Å². The summed E-state index contributed by atoms with van der Waals surface area (Å²) in [5, 5.41) is 5.30. The standard InChI is InChI=1S/C19H22FN3O3/c1-21-18(24)11-12-26-17-9-7-16(8-10-17)22-19(25)23(2)13-14-3-5-15(20)6-4-14/h3-10H,11-13H2,1-2H3,(H,21,24)(H,22,25). The highest BCUT2D eigenvalue weighted by molar-refractivity contribution is 5.89. The smallest absolute Gasteiger partial charge is 0.321 e. The summed E-state index contributed by atoms with van der Waals surface area (Å²) in [5.74, 6) is 0.225. The summed E-state index contributed by atoms with van der Waals surface area (Å²) < 4.78 is 18.4. The van der Waals surface area contributed by atoms with Gasteiger partial charge >= 0.3 is 6.03 Å². The van der Waals surface area contributed by atoms with Crippen LogP contribution in [0, 0.1) is 5.82 Å². The lowest BCUT2D eigenvalue weighted by atomic mass is 10.2. The van der Waals surface area contributed by atoms with Gasteiger partial charge in [-0.15, -0.1) is 0 Å². The third kappa shape index (κ3) is 6.08. The Balaban J connectivity index is 1.82. The normalized spacial score (nSPS) is 10.1. The van der Waals surface area contributed by atoms with Gasteiger partial charge in [0.05, 0.1) is 13.0 Å². The Morgan fingerprint density at radius 2 is 1.73 bits per heavy atom. The first kappa shape index (κ1) is 19.2. The maximum absolute atomic E-state index is 12.9. The Morgan fingerprint density at radius 1 is 1.08 bits per heavy atom. The second-order valence-electron chi connectivity index (χ2n) is 5.71. The van der Waals surface area contributed by atoms with E-state index in [1.807, 2.05) is 0 Å². The summed E-state index contributed by atoms with van der Waals surface area (Å²) >= 11 is 0. The lowest BCUT2D eigenvalue weighted by molar-refractivity contribution is -0.121. The topological polar surface area (TPSA) is 70.7 Å². The monoisotopic (exact) mass is 359 g/mol. The number of ether oxygens (including phenoxy) is 1. The number of hydrogen-bond donors (Lipinski definition) is 2. The third-order valence-corrected chi connectivity index (χ3v) is 3.66. The quantitative estimate of drug-likeness (QED) is 0.798. The molecule has 2 aromatic carbocycles. The van der Waals surface area contributed by atoms with Gasteiger partial charge in [-0.25, -0.2) is 9.18 Å². The largest absolute Gasteiger partial charge is 0.493 e. The summed E-state index contributed by atoms with van der Waals surface area (Å²) in [5.41, 5.74) is 1.46. The van der Waals surface area contributed by atoms with Crippen molar-refractivity contribution in [2.45, 2.75) is 13.0 Å². The average molecular weight is 359 g/mol. The van der Waals surface area contributed by atoms with E-state index in [1.165, 1.54) is 17.0 Å². The van der Waals surface area contributed by atoms with Gasteiger partial charge in [-0.3, -0.25) is 4.79 Å². The van der Waals surface area contributed by atoms with Crippen molar-refractivity contribution in [3.63, 3.8) is 0 Å². The Kier molecular flexibility index (Phi) is 6.96. The molecule has 2 rings (SSSR count). The van der Waals surface area contributed by atoms with Gasteiger partial charge in [0.25, 0.3) is 0 Å². The van der Waals surface area contributed by atoms with Crippen molar-refractivity contribution < 1.29 is 18.7 Å². The number of anilines is 1. The Morgan fingerprint density at radius 3 is 2.35 bits per heavy atom. The first-order valence-corrected chi connectivity index (χ1v) is 8.18. The predicted molar refractivity (Wildman–Crippen MR) is 97.5 cm³/mol. The van der Waals surface area contributed by atoms with Crippen molar-refractivity contribution in [1.82, 2.24) is 10.2 Å².